The average molecular weight is 266 g/mol. The lowest BCUT2D eigenvalue weighted by Gasteiger charge is -2.26. The van der Waals surface area contributed by atoms with Crippen molar-refractivity contribution < 1.29 is 0 Å². The first-order valence-electron chi connectivity index (χ1n) is 6.97. The summed E-state index contributed by atoms with van der Waals surface area (Å²) >= 11 is 6.16. The molecule has 0 aliphatic heterocycles. The predicted octanol–water partition coefficient (Wildman–Crippen LogP) is 4.19. The highest BCUT2D eigenvalue weighted by atomic mass is 35.5. The lowest BCUT2D eigenvalue weighted by molar-refractivity contribution is 0.320. The van der Waals surface area contributed by atoms with Crippen LogP contribution in [-0.4, -0.2) is 12.4 Å². The molecule has 0 saturated heterocycles. The van der Waals surface area contributed by atoms with Gasteiger partial charge in [-0.3, -0.25) is 0 Å². The number of hydrogen-bond acceptors (Lipinski definition) is 1. The summed E-state index contributed by atoms with van der Waals surface area (Å²) in [4.78, 5) is 0. The van der Waals surface area contributed by atoms with Crippen LogP contribution >= 0.6 is 11.6 Å². The van der Waals surface area contributed by atoms with Gasteiger partial charge in [0.1, 0.15) is 0 Å². The molecule has 1 fully saturated rings. The number of rotatable bonds is 5. The van der Waals surface area contributed by atoms with Crippen molar-refractivity contribution in [3.63, 3.8) is 0 Å². The van der Waals surface area contributed by atoms with Gasteiger partial charge in [-0.2, -0.15) is 0 Å². The van der Waals surface area contributed by atoms with Gasteiger partial charge in [0, 0.05) is 19.0 Å². The highest BCUT2D eigenvalue weighted by Gasteiger charge is 2.32. The molecule has 0 spiro atoms. The number of hydrogen-bond donors (Lipinski definition) is 1. The van der Waals surface area contributed by atoms with Crippen molar-refractivity contribution in [2.24, 2.45) is 5.41 Å². The zero-order valence-electron chi connectivity index (χ0n) is 11.6. The molecule has 1 aromatic rings. The quantitative estimate of drug-likeness (QED) is 0.787. The smallest absolute Gasteiger partial charge is 0.0292 e. The molecule has 1 N–H and O–H groups in total. The van der Waals surface area contributed by atoms with Crippen LogP contribution < -0.4 is 5.32 Å². The van der Waals surface area contributed by atoms with Gasteiger partial charge in [0.2, 0.25) is 0 Å². The van der Waals surface area contributed by atoms with Crippen LogP contribution in [0, 0.1) is 19.3 Å². The van der Waals surface area contributed by atoms with E-state index in [9.17, 15) is 0 Å². The Balaban J connectivity index is 1.87. The molecule has 1 aliphatic carbocycles. The predicted molar refractivity (Wildman–Crippen MR) is 79.2 cm³/mol. The lowest BCUT2D eigenvalue weighted by Crippen LogP contribution is -2.33. The lowest BCUT2D eigenvalue weighted by atomic mass is 9.88. The zero-order valence-corrected chi connectivity index (χ0v) is 12.3. The SMILES string of the molecule is Cc1cc(C)cc(CNCC2(CCl)CCCC2)c1. The van der Waals surface area contributed by atoms with Crippen molar-refractivity contribution in [2.45, 2.75) is 46.1 Å². The molecule has 1 nitrogen and oxygen atoms in total. The van der Waals surface area contributed by atoms with Gasteiger partial charge < -0.3 is 5.32 Å². The van der Waals surface area contributed by atoms with E-state index in [4.69, 9.17) is 11.6 Å². The zero-order chi connectivity index (χ0) is 13.0. The number of nitrogens with one attached hydrogen (secondary N) is 1. The third-order valence-electron chi connectivity index (χ3n) is 4.06. The van der Waals surface area contributed by atoms with Crippen LogP contribution in [0.2, 0.25) is 0 Å². The standard InChI is InChI=1S/C16H24ClN/c1-13-7-14(2)9-15(8-13)10-18-12-16(11-17)5-3-4-6-16/h7-9,18H,3-6,10-12H2,1-2H3. The second-order valence-electron chi connectivity index (χ2n) is 5.94. The first kappa shape index (κ1) is 13.9. The van der Waals surface area contributed by atoms with Crippen molar-refractivity contribution >= 4 is 11.6 Å². The molecule has 0 atom stereocenters. The maximum atomic E-state index is 6.16. The summed E-state index contributed by atoms with van der Waals surface area (Å²) in [6.45, 7) is 6.34. The Morgan fingerprint density at radius 3 is 2.28 bits per heavy atom. The Hall–Kier alpha value is -0.530. The molecule has 0 amide bonds. The summed E-state index contributed by atoms with van der Waals surface area (Å²) in [5.41, 5.74) is 4.44. The fourth-order valence-electron chi connectivity index (χ4n) is 3.13. The molecule has 0 unspecified atom stereocenters. The summed E-state index contributed by atoms with van der Waals surface area (Å²) in [5.74, 6) is 0.798. The van der Waals surface area contributed by atoms with Gasteiger partial charge in [-0.05, 0) is 37.7 Å². The molecule has 2 rings (SSSR count). The van der Waals surface area contributed by atoms with Crippen LogP contribution in [-0.2, 0) is 6.54 Å². The second kappa shape index (κ2) is 6.08. The van der Waals surface area contributed by atoms with Gasteiger partial charge in [-0.1, -0.05) is 42.2 Å². The van der Waals surface area contributed by atoms with E-state index in [0.717, 1.165) is 19.0 Å². The second-order valence-corrected chi connectivity index (χ2v) is 6.21. The number of halogens is 1. The monoisotopic (exact) mass is 265 g/mol. The average Bonchev–Trinajstić information content (AvgIpc) is 2.77. The summed E-state index contributed by atoms with van der Waals surface area (Å²) in [6, 6.07) is 6.75. The van der Waals surface area contributed by atoms with Crippen molar-refractivity contribution in [1.82, 2.24) is 5.32 Å². The topological polar surface area (TPSA) is 12.0 Å². The third kappa shape index (κ3) is 3.49. The van der Waals surface area contributed by atoms with Crippen LogP contribution in [0.5, 0.6) is 0 Å². The number of alkyl halides is 1. The molecule has 18 heavy (non-hydrogen) atoms. The van der Waals surface area contributed by atoms with Crippen molar-refractivity contribution in [2.75, 3.05) is 12.4 Å². The maximum Gasteiger partial charge on any atom is 0.0292 e. The Labute approximate surface area is 116 Å². The summed E-state index contributed by atoms with van der Waals surface area (Å²) < 4.78 is 0. The van der Waals surface area contributed by atoms with E-state index < -0.39 is 0 Å². The maximum absolute atomic E-state index is 6.16. The van der Waals surface area contributed by atoms with E-state index in [-0.39, 0.29) is 0 Å². The van der Waals surface area contributed by atoms with Gasteiger partial charge in [0.05, 0.1) is 0 Å². The molecular formula is C16H24ClN. The Bertz CT molecular complexity index is 374. The van der Waals surface area contributed by atoms with E-state index in [1.807, 2.05) is 0 Å². The van der Waals surface area contributed by atoms with Crippen LogP contribution in [0.4, 0.5) is 0 Å². The van der Waals surface area contributed by atoms with E-state index in [0.29, 0.717) is 5.41 Å². The minimum absolute atomic E-state index is 0.362. The molecular weight excluding hydrogens is 242 g/mol. The van der Waals surface area contributed by atoms with Gasteiger partial charge in [-0.25, -0.2) is 0 Å². The molecule has 0 bridgehead atoms. The van der Waals surface area contributed by atoms with Crippen molar-refractivity contribution in [3.8, 4) is 0 Å². The van der Waals surface area contributed by atoms with Crippen molar-refractivity contribution in [1.29, 1.82) is 0 Å². The van der Waals surface area contributed by atoms with Crippen molar-refractivity contribution in [3.05, 3.63) is 34.9 Å². The highest BCUT2D eigenvalue weighted by molar-refractivity contribution is 6.18. The van der Waals surface area contributed by atoms with Crippen LogP contribution in [0.15, 0.2) is 18.2 Å². The first-order valence-corrected chi connectivity index (χ1v) is 7.51. The largest absolute Gasteiger partial charge is 0.312 e. The summed E-state index contributed by atoms with van der Waals surface area (Å²) in [5, 5.41) is 3.61. The van der Waals surface area contributed by atoms with Crippen LogP contribution in [0.3, 0.4) is 0 Å². The van der Waals surface area contributed by atoms with Crippen LogP contribution in [0.25, 0.3) is 0 Å². The molecule has 1 aliphatic rings. The molecule has 1 aromatic carbocycles. The molecule has 0 radical (unpaired) electrons. The molecule has 2 heteroatoms. The Kier molecular flexibility index (Phi) is 4.69. The number of benzene rings is 1. The van der Waals surface area contributed by atoms with E-state index in [2.05, 4.69) is 37.4 Å². The molecule has 0 aromatic heterocycles. The van der Waals surface area contributed by atoms with E-state index >= 15 is 0 Å². The summed E-state index contributed by atoms with van der Waals surface area (Å²) in [7, 11) is 0. The van der Waals surface area contributed by atoms with Gasteiger partial charge in [0.25, 0.3) is 0 Å². The first-order chi connectivity index (χ1) is 8.63. The van der Waals surface area contributed by atoms with Gasteiger partial charge >= 0.3 is 0 Å². The third-order valence-corrected chi connectivity index (χ3v) is 4.63. The van der Waals surface area contributed by atoms with E-state index in [1.54, 1.807) is 0 Å². The highest BCUT2D eigenvalue weighted by Crippen LogP contribution is 2.38. The minimum atomic E-state index is 0.362. The van der Waals surface area contributed by atoms with Gasteiger partial charge in [0.15, 0.2) is 0 Å². The molecule has 0 heterocycles. The fraction of sp³-hybridized carbons (Fsp3) is 0.625. The minimum Gasteiger partial charge on any atom is -0.312 e. The van der Waals surface area contributed by atoms with E-state index in [1.165, 1.54) is 42.4 Å². The Morgan fingerprint density at radius 1 is 1.11 bits per heavy atom. The van der Waals surface area contributed by atoms with Gasteiger partial charge in [-0.15, -0.1) is 11.6 Å². The Morgan fingerprint density at radius 2 is 1.72 bits per heavy atom. The molecule has 100 valence electrons. The summed E-state index contributed by atoms with van der Waals surface area (Å²) in [6.07, 6.45) is 5.27. The normalized spacial score (nSPS) is 18.2. The molecule has 1 saturated carbocycles. The number of aryl methyl sites for hydroxylation is 2. The van der Waals surface area contributed by atoms with Crippen LogP contribution in [0.1, 0.15) is 42.4 Å². The fourth-order valence-corrected chi connectivity index (χ4v) is 3.49.